The molecule has 3 N–H and O–H groups in total. The van der Waals surface area contributed by atoms with Crippen molar-refractivity contribution >= 4 is 17.9 Å². The molecule has 0 radical (unpaired) electrons. The van der Waals surface area contributed by atoms with Gasteiger partial charge in [-0.3, -0.25) is 14.7 Å². The van der Waals surface area contributed by atoms with E-state index in [1.807, 2.05) is 6.92 Å². The van der Waals surface area contributed by atoms with Crippen LogP contribution in [0.15, 0.2) is 0 Å². The summed E-state index contributed by atoms with van der Waals surface area (Å²) in [4.78, 5) is 48.8. The molecule has 0 spiro atoms. The zero-order valence-electron chi connectivity index (χ0n) is 40.5. The zero-order chi connectivity index (χ0) is 45.9. The Morgan fingerprint density at radius 3 is 0.933 bits per heavy atom. The van der Waals surface area contributed by atoms with E-state index in [9.17, 15) is 29.7 Å². The lowest BCUT2D eigenvalue weighted by Crippen LogP contribution is -2.67. The minimum Gasteiger partial charge on any atom is -0.488 e. The molecular weight excluding hydrogens is 763 g/mol. The molecule has 3 heterocycles. The second kappa shape index (κ2) is 17.2. The molecule has 12 nitrogen and oxygen atoms in total. The minimum absolute atomic E-state index is 0.156. The van der Waals surface area contributed by atoms with E-state index in [0.717, 1.165) is 38.5 Å². The maximum absolute atomic E-state index is 14.1. The minimum atomic E-state index is -1.61. The van der Waals surface area contributed by atoms with Gasteiger partial charge >= 0.3 is 17.9 Å². The summed E-state index contributed by atoms with van der Waals surface area (Å²) in [6, 6.07) is 0. The summed E-state index contributed by atoms with van der Waals surface area (Å²) in [6.07, 6.45) is 4.20. The fourth-order valence-corrected chi connectivity index (χ4v) is 11.5. The number of carboxylic acids is 3. The van der Waals surface area contributed by atoms with Crippen molar-refractivity contribution in [1.82, 2.24) is 14.7 Å². The maximum atomic E-state index is 14.1. The Hall–Kier alpha value is -3.09. The molecule has 0 amide bonds. The van der Waals surface area contributed by atoms with Crippen LogP contribution in [0.4, 0.5) is 0 Å². The normalized spacial score (nSPS) is 39.3. The molecule has 1 aromatic rings. The van der Waals surface area contributed by atoms with Crippen molar-refractivity contribution in [3.05, 3.63) is 16.7 Å². The summed E-state index contributed by atoms with van der Waals surface area (Å²) in [5, 5.41) is 33.8. The fourth-order valence-electron chi connectivity index (χ4n) is 11.5. The van der Waals surface area contributed by atoms with Crippen molar-refractivity contribution in [3.63, 3.8) is 0 Å². The lowest BCUT2D eigenvalue weighted by atomic mass is 9.68. The number of carbonyl (C=O) groups is 3. The van der Waals surface area contributed by atoms with Crippen molar-refractivity contribution in [2.75, 3.05) is 21.1 Å². The van der Waals surface area contributed by atoms with Crippen LogP contribution in [-0.4, -0.2) is 121 Å². The van der Waals surface area contributed by atoms with Crippen LogP contribution < -0.4 is 14.2 Å². The van der Waals surface area contributed by atoms with Crippen molar-refractivity contribution in [2.24, 2.45) is 17.8 Å². The Morgan fingerprint density at radius 2 is 0.700 bits per heavy atom. The van der Waals surface area contributed by atoms with Crippen LogP contribution in [0.1, 0.15) is 193 Å². The maximum Gasteiger partial charge on any atom is 0.343 e. The van der Waals surface area contributed by atoms with E-state index in [0.29, 0.717) is 19.3 Å². The van der Waals surface area contributed by atoms with Gasteiger partial charge in [0.25, 0.3) is 0 Å². The van der Waals surface area contributed by atoms with Gasteiger partial charge in [0.1, 0.15) is 35.0 Å². The van der Waals surface area contributed by atoms with E-state index < -0.39 is 64.2 Å². The summed E-state index contributed by atoms with van der Waals surface area (Å²) < 4.78 is 21.0. The molecule has 12 atom stereocenters. The number of hydrogen-bond acceptors (Lipinski definition) is 9. The van der Waals surface area contributed by atoms with E-state index in [1.54, 1.807) is 0 Å². The molecule has 0 aliphatic carbocycles. The highest BCUT2D eigenvalue weighted by Crippen LogP contribution is 2.54. The first kappa shape index (κ1) is 49.6. The Morgan fingerprint density at radius 1 is 0.467 bits per heavy atom. The van der Waals surface area contributed by atoms with Gasteiger partial charge in [0.2, 0.25) is 0 Å². The second-order valence-corrected chi connectivity index (χ2v) is 20.3. The number of benzene rings is 1. The van der Waals surface area contributed by atoms with E-state index >= 15 is 0 Å². The molecule has 3 fully saturated rings. The van der Waals surface area contributed by atoms with Crippen LogP contribution >= 0.6 is 0 Å². The average molecular weight is 844 g/mol. The van der Waals surface area contributed by atoms with Gasteiger partial charge in [-0.1, -0.05) is 62.3 Å². The first-order valence-electron chi connectivity index (χ1n) is 22.8. The average Bonchev–Trinajstić information content (AvgIpc) is 3.21. The number of ether oxygens (including phenoxy) is 3. The van der Waals surface area contributed by atoms with E-state index in [1.165, 1.54) is 0 Å². The summed E-state index contributed by atoms with van der Waals surface area (Å²) in [5.74, 6) is -6.33. The van der Waals surface area contributed by atoms with Crippen LogP contribution in [0, 0.1) is 17.8 Å². The van der Waals surface area contributed by atoms with Gasteiger partial charge in [0.05, 0.1) is 0 Å². The molecule has 4 rings (SSSR count). The van der Waals surface area contributed by atoms with E-state index in [-0.39, 0.29) is 56.9 Å². The molecule has 12 unspecified atom stereocenters. The van der Waals surface area contributed by atoms with Crippen molar-refractivity contribution in [1.29, 1.82) is 0 Å². The molecule has 3 aliphatic rings. The quantitative estimate of drug-likeness (QED) is 0.154. The van der Waals surface area contributed by atoms with Gasteiger partial charge in [0.15, 0.2) is 17.2 Å². The van der Waals surface area contributed by atoms with Crippen molar-refractivity contribution < 1.29 is 43.9 Å². The highest BCUT2D eigenvalue weighted by atomic mass is 16.5. The first-order chi connectivity index (χ1) is 27.6. The number of piperidine rings is 3. The third kappa shape index (κ3) is 7.71. The molecule has 1 aromatic carbocycles. The van der Waals surface area contributed by atoms with Crippen LogP contribution in [0.25, 0.3) is 0 Å². The second-order valence-electron chi connectivity index (χ2n) is 20.3. The van der Waals surface area contributed by atoms with Gasteiger partial charge in [0, 0.05) is 70.2 Å². The molecule has 3 aliphatic heterocycles. The van der Waals surface area contributed by atoms with Crippen molar-refractivity contribution in [3.8, 4) is 17.2 Å². The van der Waals surface area contributed by atoms with Crippen molar-refractivity contribution in [2.45, 2.75) is 213 Å². The monoisotopic (exact) mass is 844 g/mol. The summed E-state index contributed by atoms with van der Waals surface area (Å²) >= 11 is 0. The topological polar surface area (TPSA) is 149 Å². The Bertz CT molecular complexity index is 1790. The van der Waals surface area contributed by atoms with E-state index in [2.05, 4.69) is 133 Å². The third-order valence-electron chi connectivity index (χ3n) is 18.5. The zero-order valence-corrected chi connectivity index (χ0v) is 40.5. The fraction of sp³-hybridized carbons (Fsp3) is 0.812. The molecule has 0 aromatic heterocycles. The van der Waals surface area contributed by atoms with Gasteiger partial charge < -0.3 is 29.5 Å². The third-order valence-corrected chi connectivity index (χ3v) is 18.5. The Kier molecular flexibility index (Phi) is 14.2. The molecule has 0 bridgehead atoms. The smallest absolute Gasteiger partial charge is 0.343 e. The van der Waals surface area contributed by atoms with E-state index in [4.69, 9.17) is 14.2 Å². The summed E-state index contributed by atoms with van der Waals surface area (Å²) in [6.45, 7) is 31.9. The largest absolute Gasteiger partial charge is 0.488 e. The first-order valence-corrected chi connectivity index (χ1v) is 22.8. The predicted octanol–water partition coefficient (Wildman–Crippen LogP) is 9.95. The highest BCUT2D eigenvalue weighted by molar-refractivity contribution is 6.11. The molecule has 3 saturated heterocycles. The summed E-state index contributed by atoms with van der Waals surface area (Å²) in [7, 11) is 6.34. The van der Waals surface area contributed by atoms with Gasteiger partial charge in [-0.15, -0.1) is 0 Å². The summed E-state index contributed by atoms with van der Waals surface area (Å²) in [5.41, 5.74) is -4.18. The Balaban J connectivity index is 2.16. The molecule has 60 heavy (non-hydrogen) atoms. The number of aromatic carboxylic acids is 3. The number of carboxylic acid groups (broad SMARTS) is 3. The number of rotatable bonds is 15. The molecule has 0 saturated carbocycles. The van der Waals surface area contributed by atoms with Crippen LogP contribution in [0.2, 0.25) is 0 Å². The molecule has 12 heteroatoms. The molecular formula is C48H81N3O9. The number of likely N-dealkylation sites (tertiary alicyclic amines) is 3. The number of hydrogen-bond donors (Lipinski definition) is 3. The standard InChI is InChI=1S/C48H81N3O9/c1-19-43(10)25-31(28(7)46(13,22-4)49(43)16)58-37-34(40(52)53)35(41(54)55)38(59-32-26-44(11,20-2)50(17)47(14,23-5)29(32)8)39(36(37)42(56)57)60-33-27-45(12,21-3)51(18)48(15,24-6)30(33)9/h28-33H,19-27H2,1-18H3,(H,52,53)(H,54,55)(H,56,57). The van der Waals surface area contributed by atoms with Gasteiger partial charge in [-0.25, -0.2) is 14.4 Å². The lowest BCUT2D eigenvalue weighted by Gasteiger charge is -2.59. The van der Waals surface area contributed by atoms with Gasteiger partial charge in [-0.2, -0.15) is 0 Å². The highest BCUT2D eigenvalue weighted by Gasteiger charge is 2.56. The Labute approximate surface area is 361 Å². The SMILES string of the molecule is CCC1(C)CC(Oc2c(OC3CC(C)(CC)N(C)C(C)(CC)C3C)c(C(=O)O)c(C(=O)O)c(OC3CC(C)(CC)N(C)C(C)(CC)C3C)c2C(=O)O)C(C)C(C)(CC)N1C. The predicted molar refractivity (Wildman–Crippen MR) is 237 cm³/mol. The van der Waals surface area contributed by atoms with Crippen LogP contribution in [0.5, 0.6) is 17.2 Å². The van der Waals surface area contributed by atoms with Crippen LogP contribution in [0.3, 0.4) is 0 Å². The van der Waals surface area contributed by atoms with Crippen LogP contribution in [-0.2, 0) is 0 Å². The van der Waals surface area contributed by atoms with Gasteiger partial charge in [-0.05, 0) is 101 Å². The number of nitrogens with zero attached hydrogens (tertiary/aromatic N) is 3. The lowest BCUT2D eigenvalue weighted by molar-refractivity contribution is -0.121. The molecule has 342 valence electrons.